The van der Waals surface area contributed by atoms with Gasteiger partial charge in [-0.15, -0.1) is 0 Å². The average Bonchev–Trinajstić information content (AvgIpc) is 2.51. The number of aromatic nitrogens is 1. The second-order valence-corrected chi connectivity index (χ2v) is 5.70. The van der Waals surface area contributed by atoms with Crippen molar-refractivity contribution in [3.05, 3.63) is 29.6 Å². The molecule has 1 heterocycles. The number of nitrogens with zero attached hydrogens (tertiary/aromatic N) is 2. The molecule has 1 aliphatic rings. The quantitative estimate of drug-likeness (QED) is 0.847. The second-order valence-electron chi connectivity index (χ2n) is 5.70. The van der Waals surface area contributed by atoms with Crippen molar-refractivity contribution in [3.8, 4) is 11.8 Å². The molecule has 1 amide bonds. The van der Waals surface area contributed by atoms with E-state index in [1.54, 1.807) is 18.3 Å². The Balaban J connectivity index is 2.19. The summed E-state index contributed by atoms with van der Waals surface area (Å²) >= 11 is 0. The first-order valence-electron chi connectivity index (χ1n) is 7.45. The third-order valence-electron chi connectivity index (χ3n) is 4.09. The maximum atomic E-state index is 12.7. The molecule has 0 spiro atoms. The zero-order valence-electron chi connectivity index (χ0n) is 12.7. The van der Waals surface area contributed by atoms with Crippen LogP contribution in [0.1, 0.15) is 48.7 Å². The fraction of sp³-hybridized carbons (Fsp3) is 0.529. The molecule has 0 radical (unpaired) electrons. The van der Waals surface area contributed by atoms with Gasteiger partial charge in [-0.05, 0) is 30.9 Å². The van der Waals surface area contributed by atoms with Crippen molar-refractivity contribution in [1.29, 1.82) is 0 Å². The van der Waals surface area contributed by atoms with Crippen LogP contribution in [-0.2, 0) is 0 Å². The van der Waals surface area contributed by atoms with E-state index in [9.17, 15) is 4.79 Å². The van der Waals surface area contributed by atoms with E-state index in [4.69, 9.17) is 5.11 Å². The van der Waals surface area contributed by atoms with Gasteiger partial charge in [0.05, 0.1) is 5.56 Å². The molecule has 1 N–H and O–H groups in total. The Morgan fingerprint density at radius 3 is 3.05 bits per heavy atom. The van der Waals surface area contributed by atoms with E-state index in [0.29, 0.717) is 17.2 Å². The van der Waals surface area contributed by atoms with E-state index in [1.807, 2.05) is 11.9 Å². The van der Waals surface area contributed by atoms with E-state index in [2.05, 4.69) is 23.7 Å². The lowest BCUT2D eigenvalue weighted by atomic mass is 9.86. The minimum absolute atomic E-state index is 0.0862. The predicted molar refractivity (Wildman–Crippen MR) is 81.7 cm³/mol. The van der Waals surface area contributed by atoms with Gasteiger partial charge >= 0.3 is 0 Å². The maximum absolute atomic E-state index is 12.7. The van der Waals surface area contributed by atoms with Crippen LogP contribution in [-0.4, -0.2) is 40.6 Å². The lowest BCUT2D eigenvalue weighted by Crippen LogP contribution is -2.40. The highest BCUT2D eigenvalue weighted by atomic mass is 16.2. The SMILES string of the molecule is CC1CCCC(N(C)C(=O)c2ncccc2C#CCO)C1. The smallest absolute Gasteiger partial charge is 0.273 e. The van der Waals surface area contributed by atoms with Gasteiger partial charge in [-0.25, -0.2) is 4.98 Å². The summed E-state index contributed by atoms with van der Waals surface area (Å²) in [4.78, 5) is 18.7. The second kappa shape index (κ2) is 7.24. The highest BCUT2D eigenvalue weighted by Crippen LogP contribution is 2.27. The van der Waals surface area contributed by atoms with Crippen molar-refractivity contribution < 1.29 is 9.90 Å². The van der Waals surface area contributed by atoms with Gasteiger partial charge < -0.3 is 10.0 Å². The molecule has 4 nitrogen and oxygen atoms in total. The van der Waals surface area contributed by atoms with Crippen LogP contribution < -0.4 is 0 Å². The minimum Gasteiger partial charge on any atom is -0.384 e. The molecule has 1 fully saturated rings. The number of carbonyl (C=O) groups excluding carboxylic acids is 1. The third-order valence-corrected chi connectivity index (χ3v) is 4.09. The molecule has 1 aromatic rings. The summed E-state index contributed by atoms with van der Waals surface area (Å²) in [5, 5.41) is 8.81. The summed E-state index contributed by atoms with van der Waals surface area (Å²) in [5.41, 5.74) is 0.950. The molecule has 0 saturated heterocycles. The van der Waals surface area contributed by atoms with E-state index in [1.165, 1.54) is 12.8 Å². The monoisotopic (exact) mass is 286 g/mol. The molecule has 1 aromatic heterocycles. The molecule has 21 heavy (non-hydrogen) atoms. The van der Waals surface area contributed by atoms with Gasteiger partial charge in [-0.1, -0.05) is 31.6 Å². The largest absolute Gasteiger partial charge is 0.384 e. The number of hydrogen-bond acceptors (Lipinski definition) is 3. The van der Waals surface area contributed by atoms with Crippen LogP contribution in [0.2, 0.25) is 0 Å². The van der Waals surface area contributed by atoms with Crippen LogP contribution in [0.3, 0.4) is 0 Å². The van der Waals surface area contributed by atoms with Gasteiger partial charge in [0.25, 0.3) is 5.91 Å². The van der Waals surface area contributed by atoms with Gasteiger partial charge in [0.15, 0.2) is 0 Å². The summed E-state index contributed by atoms with van der Waals surface area (Å²) in [6.45, 7) is 2.02. The average molecular weight is 286 g/mol. The van der Waals surface area contributed by atoms with Gasteiger partial charge in [-0.3, -0.25) is 4.79 Å². The van der Waals surface area contributed by atoms with Gasteiger partial charge in [0.2, 0.25) is 0 Å². The van der Waals surface area contributed by atoms with Crippen molar-refractivity contribution in [2.75, 3.05) is 13.7 Å². The summed E-state index contributed by atoms with van der Waals surface area (Å²) in [6.07, 6.45) is 6.12. The van der Waals surface area contributed by atoms with Gasteiger partial charge in [0, 0.05) is 19.3 Å². The highest BCUT2D eigenvalue weighted by Gasteiger charge is 2.27. The lowest BCUT2D eigenvalue weighted by Gasteiger charge is -2.34. The topological polar surface area (TPSA) is 53.4 Å². The molecule has 0 aromatic carbocycles. The Bertz CT molecular complexity index is 559. The lowest BCUT2D eigenvalue weighted by molar-refractivity contribution is 0.0666. The van der Waals surface area contributed by atoms with Crippen LogP contribution in [0, 0.1) is 17.8 Å². The third kappa shape index (κ3) is 3.83. The van der Waals surface area contributed by atoms with Crippen molar-refractivity contribution in [1.82, 2.24) is 9.88 Å². The summed E-state index contributed by atoms with van der Waals surface area (Å²) in [6, 6.07) is 3.79. The standard InChI is InChI=1S/C17H22N2O2/c1-13-6-3-9-15(12-13)19(2)17(21)16-14(8-5-11-20)7-4-10-18-16/h4,7,10,13,15,20H,3,6,9,11-12H2,1-2H3. The first-order chi connectivity index (χ1) is 10.1. The molecule has 1 saturated carbocycles. The summed E-state index contributed by atoms with van der Waals surface area (Å²) in [5.74, 6) is 5.96. The molecule has 112 valence electrons. The van der Waals surface area contributed by atoms with E-state index in [0.717, 1.165) is 12.8 Å². The Labute approximate surface area is 126 Å². The Hall–Kier alpha value is -1.86. The highest BCUT2D eigenvalue weighted by molar-refractivity contribution is 5.94. The van der Waals surface area contributed by atoms with Crippen molar-refractivity contribution in [2.24, 2.45) is 5.92 Å². The number of rotatable bonds is 2. The summed E-state index contributed by atoms with van der Waals surface area (Å²) in [7, 11) is 1.85. The first kappa shape index (κ1) is 15.5. The van der Waals surface area contributed by atoms with Crippen LogP contribution in [0.4, 0.5) is 0 Å². The fourth-order valence-electron chi connectivity index (χ4n) is 2.90. The zero-order valence-corrected chi connectivity index (χ0v) is 12.7. The molecule has 2 rings (SSSR count). The number of aliphatic hydroxyl groups is 1. The summed E-state index contributed by atoms with van der Waals surface area (Å²) < 4.78 is 0. The molecule has 2 atom stereocenters. The molecular weight excluding hydrogens is 264 g/mol. The molecule has 0 aliphatic heterocycles. The predicted octanol–water partition coefficient (Wildman–Crippen LogP) is 2.08. The Morgan fingerprint density at radius 1 is 1.52 bits per heavy atom. The van der Waals surface area contributed by atoms with E-state index >= 15 is 0 Å². The van der Waals surface area contributed by atoms with Crippen LogP contribution in [0.5, 0.6) is 0 Å². The Morgan fingerprint density at radius 2 is 2.33 bits per heavy atom. The van der Waals surface area contributed by atoms with Crippen molar-refractivity contribution in [3.63, 3.8) is 0 Å². The molecular formula is C17H22N2O2. The van der Waals surface area contributed by atoms with Gasteiger partial charge in [-0.2, -0.15) is 0 Å². The van der Waals surface area contributed by atoms with Crippen LogP contribution >= 0.6 is 0 Å². The number of amides is 1. The number of pyridine rings is 1. The fourth-order valence-corrected chi connectivity index (χ4v) is 2.90. The maximum Gasteiger partial charge on any atom is 0.273 e. The minimum atomic E-state index is -0.224. The number of carbonyl (C=O) groups is 1. The zero-order chi connectivity index (χ0) is 15.2. The van der Waals surface area contributed by atoms with Crippen LogP contribution in [0.15, 0.2) is 18.3 Å². The molecule has 4 heteroatoms. The molecule has 0 bridgehead atoms. The number of hydrogen-bond donors (Lipinski definition) is 1. The van der Waals surface area contributed by atoms with E-state index in [-0.39, 0.29) is 18.6 Å². The van der Waals surface area contributed by atoms with Crippen molar-refractivity contribution in [2.45, 2.75) is 38.6 Å². The normalized spacial score (nSPS) is 21.3. The molecule has 2 unspecified atom stereocenters. The Kier molecular flexibility index (Phi) is 5.35. The van der Waals surface area contributed by atoms with Crippen LogP contribution in [0.25, 0.3) is 0 Å². The number of aliphatic hydroxyl groups excluding tert-OH is 1. The van der Waals surface area contributed by atoms with Crippen molar-refractivity contribution >= 4 is 5.91 Å². The molecule has 1 aliphatic carbocycles. The van der Waals surface area contributed by atoms with Gasteiger partial charge in [0.1, 0.15) is 12.3 Å². The van der Waals surface area contributed by atoms with E-state index < -0.39 is 0 Å². The first-order valence-corrected chi connectivity index (χ1v) is 7.45.